The van der Waals surface area contributed by atoms with Crippen LogP contribution in [0, 0.1) is 0 Å². The van der Waals surface area contributed by atoms with Crippen LogP contribution in [0.1, 0.15) is 0 Å². The number of aromatic amines is 1. The number of nitrogens with two attached hydrogens (primary N) is 1. The SMILES string of the molecule is Nc1ncc2c(-c3ccn4nccc4n3)c[nH]c2n1. The molecule has 19 heavy (non-hydrogen) atoms. The lowest BCUT2D eigenvalue weighted by molar-refractivity contribution is 0.941. The molecule has 0 radical (unpaired) electrons. The molecular weight excluding hydrogens is 242 g/mol. The molecule has 0 unspecified atom stereocenters. The van der Waals surface area contributed by atoms with E-state index in [0.29, 0.717) is 5.65 Å². The van der Waals surface area contributed by atoms with Gasteiger partial charge in [-0.3, -0.25) is 0 Å². The summed E-state index contributed by atoms with van der Waals surface area (Å²) < 4.78 is 1.72. The summed E-state index contributed by atoms with van der Waals surface area (Å²) in [5, 5.41) is 5.01. The summed E-state index contributed by atoms with van der Waals surface area (Å²) in [7, 11) is 0. The predicted molar refractivity (Wildman–Crippen MR) is 70.3 cm³/mol. The van der Waals surface area contributed by atoms with Crippen LogP contribution in [0.2, 0.25) is 0 Å². The minimum atomic E-state index is 0.250. The van der Waals surface area contributed by atoms with Crippen LogP contribution in [0.5, 0.6) is 0 Å². The minimum absolute atomic E-state index is 0.250. The molecule has 0 saturated heterocycles. The summed E-state index contributed by atoms with van der Waals surface area (Å²) in [5.41, 5.74) is 8.85. The maximum Gasteiger partial charge on any atom is 0.221 e. The molecule has 0 atom stereocenters. The highest BCUT2D eigenvalue weighted by atomic mass is 15.2. The smallest absolute Gasteiger partial charge is 0.221 e. The van der Waals surface area contributed by atoms with Gasteiger partial charge >= 0.3 is 0 Å². The third-order valence-corrected chi connectivity index (χ3v) is 2.98. The second-order valence-corrected chi connectivity index (χ2v) is 4.14. The van der Waals surface area contributed by atoms with E-state index in [9.17, 15) is 0 Å². The number of hydrogen-bond donors (Lipinski definition) is 2. The van der Waals surface area contributed by atoms with Crippen LogP contribution in [0.3, 0.4) is 0 Å². The summed E-state index contributed by atoms with van der Waals surface area (Å²) in [6, 6.07) is 3.76. The van der Waals surface area contributed by atoms with E-state index in [1.54, 1.807) is 16.9 Å². The van der Waals surface area contributed by atoms with Gasteiger partial charge in [0.2, 0.25) is 5.95 Å². The zero-order chi connectivity index (χ0) is 12.8. The predicted octanol–water partition coefficient (Wildman–Crippen LogP) is 1.25. The van der Waals surface area contributed by atoms with Crippen molar-refractivity contribution < 1.29 is 0 Å². The number of nitrogens with zero attached hydrogens (tertiary/aromatic N) is 5. The van der Waals surface area contributed by atoms with Gasteiger partial charge in [-0.15, -0.1) is 0 Å². The van der Waals surface area contributed by atoms with Gasteiger partial charge in [0.25, 0.3) is 0 Å². The Balaban J connectivity index is 1.97. The molecule has 7 nitrogen and oxygen atoms in total. The topological polar surface area (TPSA) is 97.8 Å². The van der Waals surface area contributed by atoms with Gasteiger partial charge in [-0.05, 0) is 6.07 Å². The highest BCUT2D eigenvalue weighted by molar-refractivity contribution is 5.92. The normalized spacial score (nSPS) is 11.4. The van der Waals surface area contributed by atoms with Crippen molar-refractivity contribution in [1.29, 1.82) is 0 Å². The highest BCUT2D eigenvalue weighted by Crippen LogP contribution is 2.26. The van der Waals surface area contributed by atoms with E-state index in [4.69, 9.17) is 5.73 Å². The molecule has 0 amide bonds. The van der Waals surface area contributed by atoms with Gasteiger partial charge in [-0.25, -0.2) is 14.5 Å². The Morgan fingerprint density at radius 1 is 1.21 bits per heavy atom. The summed E-state index contributed by atoms with van der Waals surface area (Å²) >= 11 is 0. The standard InChI is InChI=1S/C12H9N7/c13-12-15-6-8-7(5-14-11(8)18-12)9-2-4-19-10(17-9)1-3-16-19/h1-6H,(H3,13,14,15,18). The van der Waals surface area contributed by atoms with Crippen LogP contribution < -0.4 is 5.73 Å². The van der Waals surface area contributed by atoms with Gasteiger partial charge in [-0.1, -0.05) is 0 Å². The quantitative estimate of drug-likeness (QED) is 0.530. The Bertz CT molecular complexity index is 889. The molecule has 92 valence electrons. The van der Waals surface area contributed by atoms with E-state index < -0.39 is 0 Å². The molecule has 0 aromatic carbocycles. The second-order valence-electron chi connectivity index (χ2n) is 4.14. The van der Waals surface area contributed by atoms with E-state index in [-0.39, 0.29) is 5.95 Å². The van der Waals surface area contributed by atoms with Gasteiger partial charge in [0.05, 0.1) is 11.9 Å². The van der Waals surface area contributed by atoms with Crippen molar-refractivity contribution >= 4 is 22.6 Å². The van der Waals surface area contributed by atoms with Crippen LogP contribution in [0.15, 0.2) is 36.9 Å². The lowest BCUT2D eigenvalue weighted by Crippen LogP contribution is -1.94. The molecule has 0 aliphatic carbocycles. The third-order valence-electron chi connectivity index (χ3n) is 2.98. The molecule has 4 rings (SSSR count). The first-order chi connectivity index (χ1) is 9.31. The van der Waals surface area contributed by atoms with Gasteiger partial charge in [0, 0.05) is 35.6 Å². The molecule has 0 aliphatic heterocycles. The molecular formula is C12H9N7. The average Bonchev–Trinajstić information content (AvgIpc) is 3.02. The van der Waals surface area contributed by atoms with Crippen molar-refractivity contribution in [2.24, 2.45) is 0 Å². The van der Waals surface area contributed by atoms with E-state index in [1.165, 1.54) is 0 Å². The maximum absolute atomic E-state index is 5.56. The van der Waals surface area contributed by atoms with Crippen molar-refractivity contribution in [2.45, 2.75) is 0 Å². The molecule has 4 heterocycles. The number of nitrogen functional groups attached to an aromatic ring is 1. The third kappa shape index (κ3) is 1.45. The van der Waals surface area contributed by atoms with Crippen LogP contribution in [-0.4, -0.2) is 29.5 Å². The summed E-state index contributed by atoms with van der Waals surface area (Å²) in [5.74, 6) is 0.250. The Morgan fingerprint density at radius 2 is 2.16 bits per heavy atom. The van der Waals surface area contributed by atoms with E-state index in [1.807, 2.05) is 24.5 Å². The molecule has 0 spiro atoms. The first-order valence-corrected chi connectivity index (χ1v) is 5.71. The van der Waals surface area contributed by atoms with Crippen LogP contribution in [-0.2, 0) is 0 Å². The molecule has 4 aromatic rings. The summed E-state index contributed by atoms with van der Waals surface area (Å²) in [4.78, 5) is 15.8. The highest BCUT2D eigenvalue weighted by Gasteiger charge is 2.10. The largest absolute Gasteiger partial charge is 0.368 e. The number of anilines is 1. The number of nitrogens with one attached hydrogen (secondary N) is 1. The first-order valence-electron chi connectivity index (χ1n) is 5.71. The Morgan fingerprint density at radius 3 is 3.11 bits per heavy atom. The van der Waals surface area contributed by atoms with E-state index in [2.05, 4.69) is 25.0 Å². The maximum atomic E-state index is 5.56. The zero-order valence-corrected chi connectivity index (χ0v) is 9.78. The first kappa shape index (κ1) is 10.0. The van der Waals surface area contributed by atoms with Crippen molar-refractivity contribution in [2.75, 3.05) is 5.73 Å². The van der Waals surface area contributed by atoms with Gasteiger partial charge < -0.3 is 10.7 Å². The summed E-state index contributed by atoms with van der Waals surface area (Å²) in [6.07, 6.45) is 7.14. The fourth-order valence-electron chi connectivity index (χ4n) is 2.10. The van der Waals surface area contributed by atoms with Crippen LogP contribution >= 0.6 is 0 Å². The number of fused-ring (bicyclic) bond motifs is 2. The lowest BCUT2D eigenvalue weighted by Gasteiger charge is -1.99. The molecule has 7 heteroatoms. The fourth-order valence-corrected chi connectivity index (χ4v) is 2.10. The number of rotatable bonds is 1. The van der Waals surface area contributed by atoms with Gasteiger partial charge in [0.1, 0.15) is 5.65 Å². The van der Waals surface area contributed by atoms with Crippen molar-refractivity contribution in [3.8, 4) is 11.3 Å². The average molecular weight is 251 g/mol. The Hall–Kier alpha value is -2.96. The molecule has 0 fully saturated rings. The molecule has 0 saturated carbocycles. The molecule has 3 N–H and O–H groups in total. The van der Waals surface area contributed by atoms with Gasteiger partial charge in [0.15, 0.2) is 5.65 Å². The monoisotopic (exact) mass is 251 g/mol. The second kappa shape index (κ2) is 3.52. The number of aromatic nitrogens is 6. The fraction of sp³-hybridized carbons (Fsp3) is 0. The number of hydrogen-bond acceptors (Lipinski definition) is 5. The van der Waals surface area contributed by atoms with Crippen LogP contribution in [0.4, 0.5) is 5.95 Å². The Labute approximate surface area is 107 Å². The van der Waals surface area contributed by atoms with Crippen LogP contribution in [0.25, 0.3) is 27.9 Å². The Kier molecular flexibility index (Phi) is 1.85. The van der Waals surface area contributed by atoms with Crippen molar-refractivity contribution in [3.63, 3.8) is 0 Å². The minimum Gasteiger partial charge on any atom is -0.368 e. The molecule has 0 aliphatic rings. The van der Waals surface area contributed by atoms with E-state index >= 15 is 0 Å². The molecule has 0 bridgehead atoms. The zero-order valence-electron chi connectivity index (χ0n) is 9.78. The summed E-state index contributed by atoms with van der Waals surface area (Å²) in [6.45, 7) is 0. The van der Waals surface area contributed by atoms with Gasteiger partial charge in [-0.2, -0.15) is 10.1 Å². The van der Waals surface area contributed by atoms with Crippen molar-refractivity contribution in [1.82, 2.24) is 29.5 Å². The number of H-pyrrole nitrogens is 1. The van der Waals surface area contributed by atoms with E-state index in [0.717, 1.165) is 22.3 Å². The molecule has 4 aromatic heterocycles. The van der Waals surface area contributed by atoms with Crippen molar-refractivity contribution in [3.05, 3.63) is 36.9 Å². The lowest BCUT2D eigenvalue weighted by atomic mass is 10.2.